The number of hydrogen-bond acceptors (Lipinski definition) is 5. The van der Waals surface area contributed by atoms with Crippen molar-refractivity contribution in [3.05, 3.63) is 42.7 Å². The minimum Gasteiger partial charge on any atom is -0.258 e. The molecule has 0 unspecified atom stereocenters. The molecular weight excluding hydrogens is 192 g/mol. The van der Waals surface area contributed by atoms with Crippen LogP contribution in [0.3, 0.4) is 0 Å². The van der Waals surface area contributed by atoms with Crippen molar-refractivity contribution < 1.29 is 0 Å². The Morgan fingerprint density at radius 1 is 0.933 bits per heavy atom. The van der Waals surface area contributed by atoms with Crippen molar-refractivity contribution in [2.75, 3.05) is 0 Å². The van der Waals surface area contributed by atoms with Crippen LogP contribution in [0.5, 0.6) is 0 Å². The first kappa shape index (κ1) is 9.20. The summed E-state index contributed by atoms with van der Waals surface area (Å²) >= 11 is 0. The van der Waals surface area contributed by atoms with Gasteiger partial charge in [-0.05, 0) is 23.4 Å². The summed E-state index contributed by atoms with van der Waals surface area (Å²) in [5, 5.41) is 20.3. The maximum absolute atomic E-state index is 3.81. The Morgan fingerprint density at radius 2 is 1.73 bits per heavy atom. The van der Waals surface area contributed by atoms with E-state index < -0.39 is 0 Å². The Kier molecular flexibility index (Phi) is 2.91. The predicted octanol–water partition coefficient (Wildman–Crippen LogP) is 0.829. The normalized spacial score (nSPS) is 9.33. The number of nitrogens with zero attached hydrogens (tertiary/aromatic N) is 5. The lowest BCUT2D eigenvalue weighted by Crippen LogP contribution is -1.78. The molecule has 6 nitrogen and oxygen atoms in total. The van der Waals surface area contributed by atoms with Crippen LogP contribution in [0, 0.1) is 0 Å². The summed E-state index contributed by atoms with van der Waals surface area (Å²) in [6, 6.07) is 9.45. The lowest BCUT2D eigenvalue weighted by Gasteiger charge is -1.79. The molecule has 2 heterocycles. The number of H-pyrrole nitrogens is 1. The molecule has 6 heteroatoms. The van der Waals surface area contributed by atoms with Gasteiger partial charge in [0.2, 0.25) is 0 Å². The van der Waals surface area contributed by atoms with Crippen molar-refractivity contribution in [3.63, 3.8) is 0 Å². The first-order valence-corrected chi connectivity index (χ1v) is 4.31. The number of rotatable bonds is 0. The van der Waals surface area contributed by atoms with Crippen LogP contribution in [0.2, 0.25) is 0 Å². The highest BCUT2D eigenvalue weighted by Crippen LogP contribution is 2.03. The second-order valence-electron chi connectivity index (χ2n) is 2.64. The molecular formula is C9H8N6. The Labute approximate surface area is 85.4 Å². The van der Waals surface area contributed by atoms with Gasteiger partial charge < -0.3 is 0 Å². The Hall–Kier alpha value is -2.37. The molecule has 0 bridgehead atoms. The first-order valence-electron chi connectivity index (χ1n) is 4.31. The lowest BCUT2D eigenvalue weighted by atomic mass is 10.3. The second-order valence-corrected chi connectivity index (χ2v) is 2.64. The van der Waals surface area contributed by atoms with Crippen LogP contribution < -0.4 is 0 Å². The van der Waals surface area contributed by atoms with Gasteiger partial charge in [0.15, 0.2) is 0 Å². The highest BCUT2D eigenvalue weighted by Gasteiger charge is 1.90. The van der Waals surface area contributed by atoms with Crippen molar-refractivity contribution in [1.29, 1.82) is 0 Å². The SMILES string of the molecule is c1ccc2[nH]nnc2c1.c1cnnnc1. The maximum Gasteiger partial charge on any atom is 0.112 e. The summed E-state index contributed by atoms with van der Waals surface area (Å²) in [5.41, 5.74) is 1.90. The van der Waals surface area contributed by atoms with Gasteiger partial charge in [-0.25, -0.2) is 0 Å². The highest BCUT2D eigenvalue weighted by molar-refractivity contribution is 5.72. The molecule has 2 aromatic heterocycles. The van der Waals surface area contributed by atoms with Crippen LogP contribution in [0.15, 0.2) is 42.7 Å². The van der Waals surface area contributed by atoms with Crippen LogP contribution in [0.1, 0.15) is 0 Å². The molecule has 0 fully saturated rings. The first-order chi connectivity index (χ1) is 7.47. The molecule has 74 valence electrons. The molecule has 0 spiro atoms. The average Bonchev–Trinajstić information content (AvgIpc) is 2.80. The molecule has 3 aromatic rings. The Bertz CT molecular complexity index is 449. The lowest BCUT2D eigenvalue weighted by molar-refractivity contribution is 0.865. The third kappa shape index (κ3) is 2.53. The van der Waals surface area contributed by atoms with Crippen LogP contribution in [0.4, 0.5) is 0 Å². The van der Waals surface area contributed by atoms with Crippen LogP contribution >= 0.6 is 0 Å². The number of benzene rings is 1. The van der Waals surface area contributed by atoms with E-state index in [-0.39, 0.29) is 0 Å². The zero-order chi connectivity index (χ0) is 10.3. The second kappa shape index (κ2) is 4.75. The zero-order valence-corrected chi connectivity index (χ0v) is 7.78. The van der Waals surface area contributed by atoms with E-state index in [4.69, 9.17) is 0 Å². The molecule has 0 radical (unpaired) electrons. The van der Waals surface area contributed by atoms with E-state index in [1.165, 1.54) is 0 Å². The topological polar surface area (TPSA) is 80.2 Å². The molecule has 0 aliphatic heterocycles. The van der Waals surface area contributed by atoms with Gasteiger partial charge in [0, 0.05) is 0 Å². The molecule has 1 N–H and O–H groups in total. The van der Waals surface area contributed by atoms with Crippen molar-refractivity contribution in [2.45, 2.75) is 0 Å². The maximum atomic E-state index is 3.81. The van der Waals surface area contributed by atoms with Crippen molar-refractivity contribution in [2.24, 2.45) is 0 Å². The number of hydrogen-bond donors (Lipinski definition) is 1. The van der Waals surface area contributed by atoms with Gasteiger partial charge in [-0.2, -0.15) is 0 Å². The zero-order valence-electron chi connectivity index (χ0n) is 7.78. The van der Waals surface area contributed by atoms with Crippen LogP contribution in [-0.2, 0) is 0 Å². The van der Waals surface area contributed by atoms with E-state index >= 15 is 0 Å². The fraction of sp³-hybridized carbons (Fsp3) is 0. The predicted molar refractivity (Wildman–Crippen MR) is 53.7 cm³/mol. The van der Waals surface area contributed by atoms with Gasteiger partial charge in [0.25, 0.3) is 0 Å². The van der Waals surface area contributed by atoms with Crippen molar-refractivity contribution >= 4 is 11.0 Å². The van der Waals surface area contributed by atoms with Crippen LogP contribution in [-0.4, -0.2) is 30.8 Å². The van der Waals surface area contributed by atoms with Gasteiger partial charge in [-0.15, -0.1) is 15.3 Å². The Morgan fingerprint density at radius 3 is 2.33 bits per heavy atom. The van der Waals surface area contributed by atoms with Gasteiger partial charge in [-0.3, -0.25) is 5.10 Å². The average molecular weight is 200 g/mol. The van der Waals surface area contributed by atoms with Gasteiger partial charge in [0.1, 0.15) is 5.52 Å². The number of nitrogens with one attached hydrogen (secondary N) is 1. The molecule has 0 saturated heterocycles. The standard InChI is InChI=1S/C6H5N3.C3H3N3/c1-2-4-6-5(3-1)7-9-8-6;1-2-4-6-5-3-1/h1-4H,(H,7,8,9);1-3H. The van der Waals surface area contributed by atoms with E-state index in [0.29, 0.717) is 0 Å². The monoisotopic (exact) mass is 200 g/mol. The molecule has 0 aliphatic rings. The van der Waals surface area contributed by atoms with E-state index in [2.05, 4.69) is 30.8 Å². The van der Waals surface area contributed by atoms with Gasteiger partial charge >= 0.3 is 0 Å². The summed E-state index contributed by atoms with van der Waals surface area (Å²) in [5.74, 6) is 0. The fourth-order valence-electron chi connectivity index (χ4n) is 0.993. The number of aromatic nitrogens is 6. The fourth-order valence-corrected chi connectivity index (χ4v) is 0.993. The molecule has 0 atom stereocenters. The third-order valence-electron chi connectivity index (χ3n) is 1.64. The highest BCUT2D eigenvalue weighted by atomic mass is 15.3. The molecule has 1 aromatic carbocycles. The number of aromatic amines is 1. The van der Waals surface area contributed by atoms with Crippen molar-refractivity contribution in [3.8, 4) is 0 Å². The quantitative estimate of drug-likeness (QED) is 0.581. The summed E-state index contributed by atoms with van der Waals surface area (Å²) < 4.78 is 0. The summed E-state index contributed by atoms with van der Waals surface area (Å²) in [7, 11) is 0. The van der Waals surface area contributed by atoms with Crippen molar-refractivity contribution in [1.82, 2.24) is 30.8 Å². The van der Waals surface area contributed by atoms with Crippen LogP contribution in [0.25, 0.3) is 11.0 Å². The van der Waals surface area contributed by atoms with Gasteiger partial charge in [-0.1, -0.05) is 17.3 Å². The molecule has 15 heavy (non-hydrogen) atoms. The molecule has 0 saturated carbocycles. The summed E-state index contributed by atoms with van der Waals surface area (Å²) in [4.78, 5) is 0. The third-order valence-corrected chi connectivity index (χ3v) is 1.64. The number of para-hydroxylation sites is 1. The minimum atomic E-state index is 0.914. The molecule has 3 rings (SSSR count). The summed E-state index contributed by atoms with van der Waals surface area (Å²) in [6.07, 6.45) is 3.15. The molecule has 0 aliphatic carbocycles. The largest absolute Gasteiger partial charge is 0.258 e. The van der Waals surface area contributed by atoms with E-state index in [0.717, 1.165) is 11.0 Å². The molecule has 0 amide bonds. The van der Waals surface area contributed by atoms with E-state index in [1.807, 2.05) is 24.3 Å². The smallest absolute Gasteiger partial charge is 0.112 e. The number of fused-ring (bicyclic) bond motifs is 1. The summed E-state index contributed by atoms with van der Waals surface area (Å²) in [6.45, 7) is 0. The minimum absolute atomic E-state index is 0.914. The Balaban J connectivity index is 0.000000124. The van der Waals surface area contributed by atoms with Gasteiger partial charge in [0.05, 0.1) is 17.9 Å². The van der Waals surface area contributed by atoms with E-state index in [9.17, 15) is 0 Å². The van der Waals surface area contributed by atoms with E-state index in [1.54, 1.807) is 18.5 Å².